The van der Waals surface area contributed by atoms with Gasteiger partial charge in [-0.3, -0.25) is 9.00 Å². The lowest BCUT2D eigenvalue weighted by Crippen LogP contribution is -2.35. The van der Waals surface area contributed by atoms with Crippen molar-refractivity contribution in [2.24, 2.45) is 0 Å². The Kier molecular flexibility index (Phi) is 5.75. The molecule has 2 atom stereocenters. The van der Waals surface area contributed by atoms with E-state index in [2.05, 4.69) is 5.32 Å². The lowest BCUT2D eigenvalue weighted by molar-refractivity contribution is -0.129. The fourth-order valence-electron chi connectivity index (χ4n) is 2.55. The molecule has 2 aromatic carbocycles. The summed E-state index contributed by atoms with van der Waals surface area (Å²) in [6.45, 7) is 1.92. The van der Waals surface area contributed by atoms with E-state index in [-0.39, 0.29) is 18.9 Å². The lowest BCUT2D eigenvalue weighted by atomic mass is 10.2. The first-order chi connectivity index (χ1) is 13.0. The zero-order valence-corrected chi connectivity index (χ0v) is 15.7. The second kappa shape index (κ2) is 8.22. The molecule has 0 bridgehead atoms. The molecule has 0 fully saturated rings. The van der Waals surface area contributed by atoms with Crippen LogP contribution in [0.15, 0.2) is 47.4 Å². The summed E-state index contributed by atoms with van der Waals surface area (Å²) in [6.07, 6.45) is 0.484. The Morgan fingerprint density at radius 2 is 1.93 bits per heavy atom. The van der Waals surface area contributed by atoms with Crippen molar-refractivity contribution in [3.05, 3.63) is 53.6 Å². The molecular weight excluding hydrogens is 370 g/mol. The van der Waals surface area contributed by atoms with Gasteiger partial charge in [-0.25, -0.2) is 4.79 Å². The van der Waals surface area contributed by atoms with E-state index in [0.29, 0.717) is 16.4 Å². The second-order valence-electron chi connectivity index (χ2n) is 5.90. The molecule has 0 saturated heterocycles. The highest BCUT2D eigenvalue weighted by Gasteiger charge is 2.22. The highest BCUT2D eigenvalue weighted by atomic mass is 32.2. The molecule has 142 valence electrons. The van der Waals surface area contributed by atoms with Crippen LogP contribution in [0, 0.1) is 0 Å². The fraction of sp³-hybridized carbons (Fsp3) is 0.263. The first-order valence-corrected chi connectivity index (χ1v) is 9.81. The van der Waals surface area contributed by atoms with E-state index in [4.69, 9.17) is 14.2 Å². The number of ether oxygens (including phenoxy) is 3. The second-order valence-corrected chi connectivity index (χ2v) is 7.25. The predicted molar refractivity (Wildman–Crippen MR) is 98.1 cm³/mol. The Bertz CT molecular complexity index is 898. The molecule has 1 aliphatic rings. The number of carbonyl (C=O) groups is 2. The number of carbonyl (C=O) groups excluding carboxylic acids is 2. The van der Waals surface area contributed by atoms with Gasteiger partial charge >= 0.3 is 5.97 Å². The Hall–Kier alpha value is -2.87. The van der Waals surface area contributed by atoms with Gasteiger partial charge in [0.1, 0.15) is 0 Å². The quantitative estimate of drug-likeness (QED) is 0.760. The Balaban J connectivity index is 1.58. The minimum atomic E-state index is -1.34. The van der Waals surface area contributed by atoms with E-state index in [0.717, 1.165) is 5.56 Å². The maximum Gasteiger partial charge on any atom is 0.340 e. The maximum absolute atomic E-state index is 12.3. The van der Waals surface area contributed by atoms with Gasteiger partial charge in [-0.1, -0.05) is 18.2 Å². The molecule has 0 unspecified atom stereocenters. The minimum absolute atomic E-state index is 0.183. The van der Waals surface area contributed by atoms with E-state index >= 15 is 0 Å². The summed E-state index contributed by atoms with van der Waals surface area (Å²) >= 11 is 0. The molecule has 27 heavy (non-hydrogen) atoms. The van der Waals surface area contributed by atoms with Gasteiger partial charge in [0, 0.05) is 12.8 Å². The molecular formula is C19H19NO6S. The summed E-state index contributed by atoms with van der Waals surface area (Å²) < 4.78 is 27.5. The van der Waals surface area contributed by atoms with Crippen LogP contribution < -0.4 is 14.8 Å². The van der Waals surface area contributed by atoms with Crippen molar-refractivity contribution in [1.29, 1.82) is 0 Å². The van der Waals surface area contributed by atoms with Crippen LogP contribution in [0.1, 0.15) is 22.8 Å². The number of hydrogen-bond acceptors (Lipinski definition) is 6. The zero-order chi connectivity index (χ0) is 19.4. The van der Waals surface area contributed by atoms with E-state index in [9.17, 15) is 13.8 Å². The average molecular weight is 389 g/mol. The summed E-state index contributed by atoms with van der Waals surface area (Å²) in [5.74, 6) is 0.174. The van der Waals surface area contributed by atoms with Crippen molar-refractivity contribution in [3.8, 4) is 11.5 Å². The molecule has 1 heterocycles. The van der Waals surface area contributed by atoms with Gasteiger partial charge in [0.05, 0.1) is 21.3 Å². The molecule has 0 aliphatic carbocycles. The maximum atomic E-state index is 12.3. The number of fused-ring (bicyclic) bond motifs is 1. The monoisotopic (exact) mass is 389 g/mol. The average Bonchev–Trinajstić information content (AvgIpc) is 3.13. The van der Waals surface area contributed by atoms with Crippen molar-refractivity contribution < 1.29 is 28.0 Å². The number of amides is 1. The van der Waals surface area contributed by atoms with E-state index < -0.39 is 28.8 Å². The molecule has 1 amide bonds. The van der Waals surface area contributed by atoms with Crippen molar-refractivity contribution in [2.75, 3.05) is 13.0 Å². The summed E-state index contributed by atoms with van der Waals surface area (Å²) in [4.78, 5) is 24.9. The minimum Gasteiger partial charge on any atom is -0.454 e. The standard InChI is InChI=1S/C19H19NO6S/c1-12(26-19(22)14-5-3-4-6-17(14)27(2)23)18(21)20-10-13-7-8-15-16(9-13)25-11-24-15/h3-9,12H,10-11H2,1-2H3,(H,20,21)/t12-,27-/m1/s1. The predicted octanol–water partition coefficient (Wildman–Crippen LogP) is 2.01. The van der Waals surface area contributed by atoms with E-state index in [1.165, 1.54) is 19.2 Å². The van der Waals surface area contributed by atoms with Gasteiger partial charge in [-0.15, -0.1) is 0 Å². The van der Waals surface area contributed by atoms with Gasteiger partial charge in [0.15, 0.2) is 17.6 Å². The summed E-state index contributed by atoms with van der Waals surface area (Å²) in [5.41, 5.74) is 1.02. The molecule has 0 saturated carbocycles. The summed E-state index contributed by atoms with van der Waals surface area (Å²) in [7, 11) is -1.34. The van der Waals surface area contributed by atoms with Crippen LogP contribution >= 0.6 is 0 Å². The smallest absolute Gasteiger partial charge is 0.340 e. The number of benzene rings is 2. The molecule has 0 spiro atoms. The van der Waals surface area contributed by atoms with Crippen LogP contribution in [0.5, 0.6) is 11.5 Å². The molecule has 1 aliphatic heterocycles. The number of rotatable bonds is 6. The number of nitrogens with one attached hydrogen (secondary N) is 1. The topological polar surface area (TPSA) is 90.9 Å². The van der Waals surface area contributed by atoms with E-state index in [1.807, 2.05) is 6.07 Å². The Morgan fingerprint density at radius 3 is 2.70 bits per heavy atom. The van der Waals surface area contributed by atoms with Gasteiger partial charge in [-0.2, -0.15) is 0 Å². The van der Waals surface area contributed by atoms with Crippen LogP contribution in [-0.2, 0) is 26.9 Å². The van der Waals surface area contributed by atoms with Crippen LogP contribution in [0.2, 0.25) is 0 Å². The van der Waals surface area contributed by atoms with Gasteiger partial charge in [0.2, 0.25) is 6.79 Å². The molecule has 2 aromatic rings. The Labute approximate surface area is 159 Å². The summed E-state index contributed by atoms with van der Waals surface area (Å²) in [5, 5.41) is 2.71. The van der Waals surface area contributed by atoms with Crippen molar-refractivity contribution in [2.45, 2.75) is 24.5 Å². The number of esters is 1. The van der Waals surface area contributed by atoms with Crippen molar-refractivity contribution in [1.82, 2.24) is 5.32 Å². The van der Waals surface area contributed by atoms with Gasteiger partial charge in [0.25, 0.3) is 5.91 Å². The largest absolute Gasteiger partial charge is 0.454 e. The lowest BCUT2D eigenvalue weighted by Gasteiger charge is -2.14. The Morgan fingerprint density at radius 1 is 1.19 bits per heavy atom. The SMILES string of the molecule is C[C@@H](OC(=O)c1ccccc1[S@@](C)=O)C(=O)NCc1ccc2c(c1)OCO2. The molecule has 7 nitrogen and oxygen atoms in total. The van der Waals surface area contributed by atoms with Crippen LogP contribution in [-0.4, -0.2) is 35.2 Å². The molecule has 0 aromatic heterocycles. The molecule has 1 N–H and O–H groups in total. The fourth-order valence-corrected chi connectivity index (χ4v) is 3.28. The molecule has 8 heteroatoms. The van der Waals surface area contributed by atoms with Crippen LogP contribution in [0.3, 0.4) is 0 Å². The zero-order valence-electron chi connectivity index (χ0n) is 14.9. The van der Waals surface area contributed by atoms with Gasteiger partial charge < -0.3 is 19.5 Å². The van der Waals surface area contributed by atoms with Crippen molar-refractivity contribution in [3.63, 3.8) is 0 Å². The van der Waals surface area contributed by atoms with E-state index in [1.54, 1.807) is 30.3 Å². The number of hydrogen-bond donors (Lipinski definition) is 1. The first kappa shape index (κ1) is 18.9. The third kappa shape index (κ3) is 4.46. The highest BCUT2D eigenvalue weighted by molar-refractivity contribution is 7.84. The molecule has 3 rings (SSSR count). The highest BCUT2D eigenvalue weighted by Crippen LogP contribution is 2.32. The van der Waals surface area contributed by atoms with Crippen LogP contribution in [0.25, 0.3) is 0 Å². The van der Waals surface area contributed by atoms with Crippen LogP contribution in [0.4, 0.5) is 0 Å². The van der Waals surface area contributed by atoms with Gasteiger partial charge in [-0.05, 0) is 36.8 Å². The third-order valence-electron chi connectivity index (χ3n) is 3.97. The molecule has 0 radical (unpaired) electrons. The third-order valence-corrected chi connectivity index (χ3v) is 4.95. The first-order valence-electron chi connectivity index (χ1n) is 8.25. The van der Waals surface area contributed by atoms with Crippen molar-refractivity contribution >= 4 is 22.7 Å². The normalized spacial score (nSPS) is 14.3. The summed E-state index contributed by atoms with van der Waals surface area (Å²) in [6, 6.07) is 11.8.